The Hall–Kier alpha value is -1.13. The van der Waals surface area contributed by atoms with Gasteiger partial charge in [-0.3, -0.25) is 4.98 Å². The average molecular weight is 248 g/mol. The molecule has 0 amide bonds. The number of likely N-dealkylation sites (N-methyl/N-ethyl adjacent to an activating group) is 1. The first-order valence-corrected chi connectivity index (χ1v) is 6.81. The monoisotopic (exact) mass is 248 g/mol. The molecular weight excluding hydrogens is 224 g/mol. The summed E-state index contributed by atoms with van der Waals surface area (Å²) in [7, 11) is 2.19. The maximum absolute atomic E-state index is 4.26. The molecule has 100 valence electrons. The number of nitrogens with zero attached hydrogens (tertiary/aromatic N) is 3. The Morgan fingerprint density at radius 3 is 3.00 bits per heavy atom. The second-order valence-electron chi connectivity index (χ2n) is 5.09. The molecule has 0 spiro atoms. The second kappa shape index (κ2) is 6.16. The summed E-state index contributed by atoms with van der Waals surface area (Å²) in [6.45, 7) is 9.68. The van der Waals surface area contributed by atoms with Gasteiger partial charge in [-0.15, -0.1) is 0 Å². The summed E-state index contributed by atoms with van der Waals surface area (Å²) < 4.78 is 0. The molecule has 2 heterocycles. The topological polar surface area (TPSA) is 31.4 Å². The molecule has 1 aliphatic rings. The maximum atomic E-state index is 4.26. The van der Waals surface area contributed by atoms with Crippen LogP contribution in [0.15, 0.2) is 18.5 Å². The van der Waals surface area contributed by atoms with Crippen LogP contribution >= 0.6 is 0 Å². The van der Waals surface area contributed by atoms with Crippen LogP contribution in [0.25, 0.3) is 0 Å². The zero-order chi connectivity index (χ0) is 13.0. The van der Waals surface area contributed by atoms with Crippen molar-refractivity contribution in [3.63, 3.8) is 0 Å². The molecule has 0 bridgehead atoms. The Morgan fingerprint density at radius 1 is 1.44 bits per heavy atom. The van der Waals surface area contributed by atoms with Crippen molar-refractivity contribution in [2.45, 2.75) is 26.4 Å². The van der Waals surface area contributed by atoms with Crippen molar-refractivity contribution in [3.05, 3.63) is 24.0 Å². The van der Waals surface area contributed by atoms with Crippen LogP contribution < -0.4 is 10.2 Å². The van der Waals surface area contributed by atoms with E-state index >= 15 is 0 Å². The summed E-state index contributed by atoms with van der Waals surface area (Å²) in [5.74, 6) is 0. The summed E-state index contributed by atoms with van der Waals surface area (Å²) in [5.41, 5.74) is 2.64. The Kier molecular flexibility index (Phi) is 4.55. The Labute approximate surface area is 110 Å². The molecule has 0 aliphatic carbocycles. The lowest BCUT2D eigenvalue weighted by molar-refractivity contribution is 0.275. The first-order chi connectivity index (χ1) is 8.72. The van der Waals surface area contributed by atoms with Gasteiger partial charge in [0, 0.05) is 55.9 Å². The van der Waals surface area contributed by atoms with E-state index in [1.165, 1.54) is 11.3 Å². The standard InChI is InChI=1S/C14H24N4/c1-4-15-9-13-10-16-6-5-14(13)18-8-7-17(3)11-12(18)2/h5-6,10,12,15H,4,7-9,11H2,1-3H3. The van der Waals surface area contributed by atoms with Crippen LogP contribution in [0, 0.1) is 0 Å². The highest BCUT2D eigenvalue weighted by molar-refractivity contribution is 5.53. The van der Waals surface area contributed by atoms with Crippen molar-refractivity contribution in [2.24, 2.45) is 0 Å². The van der Waals surface area contributed by atoms with E-state index in [-0.39, 0.29) is 0 Å². The van der Waals surface area contributed by atoms with Gasteiger partial charge in [0.15, 0.2) is 0 Å². The van der Waals surface area contributed by atoms with E-state index in [0.29, 0.717) is 6.04 Å². The fourth-order valence-corrected chi connectivity index (χ4v) is 2.59. The van der Waals surface area contributed by atoms with E-state index in [9.17, 15) is 0 Å². The molecule has 1 unspecified atom stereocenters. The van der Waals surface area contributed by atoms with Crippen LogP contribution in [0.4, 0.5) is 5.69 Å². The summed E-state index contributed by atoms with van der Waals surface area (Å²) >= 11 is 0. The van der Waals surface area contributed by atoms with Crippen LogP contribution in [0.2, 0.25) is 0 Å². The minimum atomic E-state index is 0.562. The van der Waals surface area contributed by atoms with Gasteiger partial charge < -0.3 is 15.1 Å². The van der Waals surface area contributed by atoms with Crippen molar-refractivity contribution >= 4 is 5.69 Å². The van der Waals surface area contributed by atoms with Crippen LogP contribution in [-0.4, -0.2) is 49.2 Å². The molecule has 1 aliphatic heterocycles. The van der Waals surface area contributed by atoms with Gasteiger partial charge in [-0.05, 0) is 26.6 Å². The smallest absolute Gasteiger partial charge is 0.0446 e. The number of piperazine rings is 1. The number of anilines is 1. The third kappa shape index (κ3) is 3.00. The molecule has 1 saturated heterocycles. The van der Waals surface area contributed by atoms with Gasteiger partial charge in [-0.1, -0.05) is 6.92 Å². The molecule has 0 saturated carbocycles. The molecule has 0 aromatic carbocycles. The molecule has 2 rings (SSSR count). The van der Waals surface area contributed by atoms with E-state index in [0.717, 1.165) is 32.7 Å². The van der Waals surface area contributed by atoms with Crippen molar-refractivity contribution in [3.8, 4) is 0 Å². The highest BCUT2D eigenvalue weighted by Crippen LogP contribution is 2.23. The minimum absolute atomic E-state index is 0.562. The van der Waals surface area contributed by atoms with Crippen molar-refractivity contribution < 1.29 is 0 Å². The lowest BCUT2D eigenvalue weighted by Crippen LogP contribution is -2.50. The Bertz CT molecular complexity index is 380. The van der Waals surface area contributed by atoms with E-state index in [4.69, 9.17) is 0 Å². The van der Waals surface area contributed by atoms with Gasteiger partial charge in [0.2, 0.25) is 0 Å². The fraction of sp³-hybridized carbons (Fsp3) is 0.643. The van der Waals surface area contributed by atoms with E-state index in [1.54, 1.807) is 0 Å². The van der Waals surface area contributed by atoms with Crippen LogP contribution in [-0.2, 0) is 6.54 Å². The van der Waals surface area contributed by atoms with Gasteiger partial charge >= 0.3 is 0 Å². The van der Waals surface area contributed by atoms with Crippen LogP contribution in [0.1, 0.15) is 19.4 Å². The van der Waals surface area contributed by atoms with Crippen LogP contribution in [0.5, 0.6) is 0 Å². The second-order valence-corrected chi connectivity index (χ2v) is 5.09. The largest absolute Gasteiger partial charge is 0.366 e. The molecular formula is C14H24N4. The van der Waals surface area contributed by atoms with E-state index in [2.05, 4.69) is 47.1 Å². The molecule has 4 heteroatoms. The fourth-order valence-electron chi connectivity index (χ4n) is 2.59. The predicted octanol–water partition coefficient (Wildman–Crippen LogP) is 1.33. The van der Waals surface area contributed by atoms with E-state index < -0.39 is 0 Å². The third-order valence-corrected chi connectivity index (χ3v) is 3.58. The number of nitrogens with one attached hydrogen (secondary N) is 1. The Morgan fingerprint density at radius 2 is 2.28 bits per heavy atom. The SMILES string of the molecule is CCNCc1cnccc1N1CCN(C)CC1C. The van der Waals surface area contributed by atoms with Gasteiger partial charge in [-0.25, -0.2) is 0 Å². The quantitative estimate of drug-likeness (QED) is 0.871. The normalized spacial score (nSPS) is 21.3. The van der Waals surface area contributed by atoms with Gasteiger partial charge in [0.25, 0.3) is 0 Å². The first-order valence-electron chi connectivity index (χ1n) is 6.81. The minimum Gasteiger partial charge on any atom is -0.366 e. The van der Waals surface area contributed by atoms with Crippen molar-refractivity contribution in [2.75, 3.05) is 38.1 Å². The molecule has 1 atom stereocenters. The maximum Gasteiger partial charge on any atom is 0.0446 e. The van der Waals surface area contributed by atoms with Crippen LogP contribution in [0.3, 0.4) is 0 Å². The highest BCUT2D eigenvalue weighted by Gasteiger charge is 2.23. The predicted molar refractivity (Wildman–Crippen MR) is 75.9 cm³/mol. The molecule has 18 heavy (non-hydrogen) atoms. The van der Waals surface area contributed by atoms with E-state index in [1.807, 2.05) is 12.4 Å². The van der Waals surface area contributed by atoms with Crippen molar-refractivity contribution in [1.82, 2.24) is 15.2 Å². The average Bonchev–Trinajstić information content (AvgIpc) is 2.37. The molecule has 4 nitrogen and oxygen atoms in total. The number of pyridine rings is 1. The zero-order valence-electron chi connectivity index (χ0n) is 11.7. The van der Waals surface area contributed by atoms with Gasteiger partial charge in [0.05, 0.1) is 0 Å². The number of aromatic nitrogens is 1. The summed E-state index contributed by atoms with van der Waals surface area (Å²) in [5, 5.41) is 3.39. The molecule has 0 radical (unpaired) electrons. The van der Waals surface area contributed by atoms with Gasteiger partial charge in [0.1, 0.15) is 0 Å². The number of hydrogen-bond acceptors (Lipinski definition) is 4. The van der Waals surface area contributed by atoms with Crippen molar-refractivity contribution in [1.29, 1.82) is 0 Å². The zero-order valence-corrected chi connectivity index (χ0v) is 11.7. The highest BCUT2D eigenvalue weighted by atomic mass is 15.3. The summed E-state index contributed by atoms with van der Waals surface area (Å²) in [4.78, 5) is 9.16. The summed E-state index contributed by atoms with van der Waals surface area (Å²) in [6.07, 6.45) is 3.89. The molecule has 1 fully saturated rings. The lowest BCUT2D eigenvalue weighted by atomic mass is 10.1. The molecule has 1 aromatic heterocycles. The first kappa shape index (κ1) is 13.3. The Balaban J connectivity index is 2.16. The number of rotatable bonds is 4. The summed E-state index contributed by atoms with van der Waals surface area (Å²) in [6, 6.07) is 2.71. The number of hydrogen-bond donors (Lipinski definition) is 1. The molecule has 1 N–H and O–H groups in total. The lowest BCUT2D eigenvalue weighted by Gasteiger charge is -2.40. The van der Waals surface area contributed by atoms with Gasteiger partial charge in [-0.2, -0.15) is 0 Å². The molecule has 1 aromatic rings. The third-order valence-electron chi connectivity index (χ3n) is 3.58.